The van der Waals surface area contributed by atoms with Crippen molar-refractivity contribution in [2.75, 3.05) is 6.61 Å². The quantitative estimate of drug-likeness (QED) is 0.858. The van der Waals surface area contributed by atoms with Gasteiger partial charge < -0.3 is 14.9 Å². The number of aliphatic hydroxyl groups is 2. The Morgan fingerprint density at radius 3 is 2.37 bits per heavy atom. The Bertz CT molecular complexity index is 379. The van der Waals surface area contributed by atoms with Crippen LogP contribution in [0, 0.1) is 0 Å². The summed E-state index contributed by atoms with van der Waals surface area (Å²) in [6, 6.07) is 7.49. The summed E-state index contributed by atoms with van der Waals surface area (Å²) in [5.41, 5.74) is 0.256. The van der Waals surface area contributed by atoms with Crippen molar-refractivity contribution in [1.29, 1.82) is 0 Å². The molecule has 1 fully saturated rings. The van der Waals surface area contributed by atoms with E-state index in [0.717, 1.165) is 37.0 Å². The zero-order valence-corrected chi connectivity index (χ0v) is 11.6. The average Bonchev–Trinajstić information content (AvgIpc) is 2.46. The summed E-state index contributed by atoms with van der Waals surface area (Å²) in [4.78, 5) is 0. The highest BCUT2D eigenvalue weighted by atomic mass is 16.5. The van der Waals surface area contributed by atoms with E-state index in [9.17, 15) is 10.2 Å². The predicted octanol–water partition coefficient (Wildman–Crippen LogP) is 3.20. The summed E-state index contributed by atoms with van der Waals surface area (Å²) in [5, 5.41) is 20.1. The van der Waals surface area contributed by atoms with Gasteiger partial charge in [-0.1, -0.05) is 38.3 Å². The fraction of sp³-hybridized carbons (Fsp3) is 0.625. The molecule has 0 saturated heterocycles. The van der Waals surface area contributed by atoms with E-state index in [0.29, 0.717) is 13.0 Å². The maximum Gasteiger partial charge on any atom is 0.119 e. The summed E-state index contributed by atoms with van der Waals surface area (Å²) in [5.74, 6) is 0.756. The second-order valence-corrected chi connectivity index (χ2v) is 5.57. The first kappa shape index (κ1) is 14.4. The van der Waals surface area contributed by atoms with E-state index in [4.69, 9.17) is 4.74 Å². The molecule has 3 nitrogen and oxygen atoms in total. The molecule has 0 spiro atoms. The van der Waals surface area contributed by atoms with Crippen molar-refractivity contribution in [3.8, 4) is 5.75 Å². The van der Waals surface area contributed by atoms with Crippen LogP contribution in [-0.4, -0.2) is 22.4 Å². The zero-order valence-electron chi connectivity index (χ0n) is 11.6. The molecule has 0 bridgehead atoms. The van der Waals surface area contributed by atoms with Crippen molar-refractivity contribution < 1.29 is 14.9 Å². The van der Waals surface area contributed by atoms with Gasteiger partial charge in [0.2, 0.25) is 0 Å². The van der Waals surface area contributed by atoms with E-state index in [1.807, 2.05) is 31.2 Å². The SMILES string of the molecule is CCC(O)c1ccc(OCC2(O)CCCCC2)cc1. The van der Waals surface area contributed by atoms with Gasteiger partial charge in [0, 0.05) is 0 Å². The van der Waals surface area contributed by atoms with E-state index >= 15 is 0 Å². The van der Waals surface area contributed by atoms with Gasteiger partial charge in [-0.25, -0.2) is 0 Å². The molecule has 19 heavy (non-hydrogen) atoms. The minimum absolute atomic E-state index is 0.364. The molecule has 106 valence electrons. The van der Waals surface area contributed by atoms with Crippen LogP contribution in [0.5, 0.6) is 5.75 Å². The Hall–Kier alpha value is -1.06. The summed E-state index contributed by atoms with van der Waals surface area (Å²) in [7, 11) is 0. The second-order valence-electron chi connectivity index (χ2n) is 5.57. The molecular formula is C16H24O3. The van der Waals surface area contributed by atoms with Crippen molar-refractivity contribution in [3.05, 3.63) is 29.8 Å². The van der Waals surface area contributed by atoms with Gasteiger partial charge in [-0.15, -0.1) is 0 Å². The van der Waals surface area contributed by atoms with Crippen LogP contribution in [0.25, 0.3) is 0 Å². The number of benzene rings is 1. The first-order chi connectivity index (χ1) is 9.13. The van der Waals surface area contributed by atoms with Crippen LogP contribution in [0.2, 0.25) is 0 Å². The Labute approximate surface area is 115 Å². The first-order valence-corrected chi connectivity index (χ1v) is 7.26. The normalized spacial score (nSPS) is 19.9. The van der Waals surface area contributed by atoms with E-state index in [-0.39, 0.29) is 0 Å². The second kappa shape index (κ2) is 6.40. The molecule has 1 aliphatic carbocycles. The van der Waals surface area contributed by atoms with Gasteiger partial charge in [0.05, 0.1) is 11.7 Å². The van der Waals surface area contributed by atoms with Crippen molar-refractivity contribution >= 4 is 0 Å². The Balaban J connectivity index is 1.89. The summed E-state index contributed by atoms with van der Waals surface area (Å²) in [6.45, 7) is 2.32. The van der Waals surface area contributed by atoms with E-state index < -0.39 is 11.7 Å². The number of hydrogen-bond acceptors (Lipinski definition) is 3. The maximum atomic E-state index is 10.3. The molecule has 1 aromatic rings. The van der Waals surface area contributed by atoms with Crippen molar-refractivity contribution in [2.24, 2.45) is 0 Å². The van der Waals surface area contributed by atoms with Gasteiger partial charge >= 0.3 is 0 Å². The summed E-state index contributed by atoms with van der Waals surface area (Å²) in [6.07, 6.45) is 5.35. The molecule has 1 aromatic carbocycles. The van der Waals surface area contributed by atoms with Crippen LogP contribution in [0.1, 0.15) is 57.1 Å². The topological polar surface area (TPSA) is 49.7 Å². The van der Waals surface area contributed by atoms with Gasteiger partial charge in [-0.05, 0) is 37.0 Å². The molecule has 0 heterocycles. The lowest BCUT2D eigenvalue weighted by Crippen LogP contribution is -2.37. The standard InChI is InChI=1S/C16H24O3/c1-2-15(17)13-6-8-14(9-7-13)19-12-16(18)10-4-3-5-11-16/h6-9,15,17-18H,2-5,10-12H2,1H3. The predicted molar refractivity (Wildman–Crippen MR) is 75.2 cm³/mol. The highest BCUT2D eigenvalue weighted by Gasteiger charge is 2.29. The van der Waals surface area contributed by atoms with Crippen LogP contribution in [-0.2, 0) is 0 Å². The van der Waals surface area contributed by atoms with Crippen LogP contribution in [0.4, 0.5) is 0 Å². The van der Waals surface area contributed by atoms with Gasteiger partial charge in [-0.2, -0.15) is 0 Å². The minimum Gasteiger partial charge on any atom is -0.491 e. The zero-order chi connectivity index (χ0) is 13.7. The average molecular weight is 264 g/mol. The smallest absolute Gasteiger partial charge is 0.119 e. The highest BCUT2D eigenvalue weighted by Crippen LogP contribution is 2.29. The van der Waals surface area contributed by atoms with Gasteiger partial charge in [0.25, 0.3) is 0 Å². The molecule has 1 aliphatic rings. The van der Waals surface area contributed by atoms with E-state index in [1.54, 1.807) is 0 Å². The molecule has 0 radical (unpaired) electrons. The molecule has 0 aromatic heterocycles. The highest BCUT2D eigenvalue weighted by molar-refractivity contribution is 5.28. The molecule has 0 aliphatic heterocycles. The molecule has 2 N–H and O–H groups in total. The molecule has 2 rings (SSSR count). The molecule has 1 unspecified atom stereocenters. The van der Waals surface area contributed by atoms with E-state index in [2.05, 4.69) is 0 Å². The molecule has 0 amide bonds. The molecular weight excluding hydrogens is 240 g/mol. The monoisotopic (exact) mass is 264 g/mol. The van der Waals surface area contributed by atoms with E-state index in [1.165, 1.54) is 6.42 Å². The van der Waals surface area contributed by atoms with Crippen LogP contribution in [0.3, 0.4) is 0 Å². The Morgan fingerprint density at radius 1 is 1.16 bits per heavy atom. The van der Waals surface area contributed by atoms with Crippen molar-refractivity contribution in [3.63, 3.8) is 0 Å². The molecule has 1 saturated carbocycles. The maximum absolute atomic E-state index is 10.3. The fourth-order valence-electron chi connectivity index (χ4n) is 2.59. The summed E-state index contributed by atoms with van der Waals surface area (Å²) >= 11 is 0. The summed E-state index contributed by atoms with van der Waals surface area (Å²) < 4.78 is 5.69. The van der Waals surface area contributed by atoms with Crippen LogP contribution >= 0.6 is 0 Å². The largest absolute Gasteiger partial charge is 0.491 e. The number of rotatable bonds is 5. The lowest BCUT2D eigenvalue weighted by atomic mass is 9.85. The third-order valence-electron chi connectivity index (χ3n) is 3.94. The van der Waals surface area contributed by atoms with Gasteiger partial charge in [0.1, 0.15) is 12.4 Å². The fourth-order valence-corrected chi connectivity index (χ4v) is 2.59. The van der Waals surface area contributed by atoms with Crippen LogP contribution in [0.15, 0.2) is 24.3 Å². The lowest BCUT2D eigenvalue weighted by Gasteiger charge is -2.31. The number of hydrogen-bond donors (Lipinski definition) is 2. The molecule has 3 heteroatoms. The van der Waals surface area contributed by atoms with Crippen molar-refractivity contribution in [1.82, 2.24) is 0 Å². The lowest BCUT2D eigenvalue weighted by molar-refractivity contribution is -0.0339. The third-order valence-corrected chi connectivity index (χ3v) is 3.94. The number of aliphatic hydroxyl groups excluding tert-OH is 1. The Morgan fingerprint density at radius 2 is 1.79 bits per heavy atom. The van der Waals surface area contributed by atoms with Gasteiger partial charge in [0.15, 0.2) is 0 Å². The molecule has 1 atom stereocenters. The minimum atomic E-state index is -0.653. The van der Waals surface area contributed by atoms with Crippen LogP contribution < -0.4 is 4.74 Å². The Kier molecular flexibility index (Phi) is 4.83. The number of ether oxygens (including phenoxy) is 1. The van der Waals surface area contributed by atoms with Gasteiger partial charge in [-0.3, -0.25) is 0 Å². The first-order valence-electron chi connectivity index (χ1n) is 7.26. The van der Waals surface area contributed by atoms with Crippen molar-refractivity contribution in [2.45, 2.75) is 57.2 Å². The third kappa shape index (κ3) is 3.95.